The Labute approximate surface area is 213 Å². The lowest BCUT2D eigenvalue weighted by Gasteiger charge is -2.41. The van der Waals surface area contributed by atoms with E-state index in [1.54, 1.807) is 21.9 Å². The molecule has 0 radical (unpaired) electrons. The minimum absolute atomic E-state index is 0.0442. The van der Waals surface area contributed by atoms with Gasteiger partial charge >= 0.3 is 6.09 Å². The lowest BCUT2D eigenvalue weighted by molar-refractivity contribution is -0.117. The molecule has 1 aliphatic heterocycles. The number of anilines is 2. The fourth-order valence-electron chi connectivity index (χ4n) is 4.90. The van der Waals surface area contributed by atoms with Gasteiger partial charge in [-0.1, -0.05) is 24.6 Å². The number of hydrogen-bond acceptors (Lipinski definition) is 6. The first kappa shape index (κ1) is 26.0. The van der Waals surface area contributed by atoms with Crippen molar-refractivity contribution in [2.24, 2.45) is 0 Å². The molecular formula is C27H34N2O6S. The molecule has 1 fully saturated rings. The van der Waals surface area contributed by atoms with E-state index < -0.39 is 9.84 Å². The monoisotopic (exact) mass is 514 g/mol. The lowest BCUT2D eigenvalue weighted by atomic mass is 9.98. The summed E-state index contributed by atoms with van der Waals surface area (Å²) in [6, 6.07) is 12.9. The molecule has 2 aromatic rings. The number of carbonyl (C=O) groups is 2. The van der Waals surface area contributed by atoms with Gasteiger partial charge in [0.25, 0.3) is 0 Å². The third kappa shape index (κ3) is 6.19. The highest BCUT2D eigenvalue weighted by Gasteiger charge is 2.35. The number of hydrogen-bond donors (Lipinski definition) is 0. The molecule has 1 aliphatic carbocycles. The predicted molar refractivity (Wildman–Crippen MR) is 140 cm³/mol. The Balaban J connectivity index is 1.59. The van der Waals surface area contributed by atoms with E-state index >= 15 is 0 Å². The molecule has 9 heteroatoms. The Hall–Kier alpha value is -3.07. The molecule has 4 rings (SSSR count). The van der Waals surface area contributed by atoms with E-state index in [1.807, 2.05) is 37.3 Å². The zero-order chi connectivity index (χ0) is 25.9. The SMILES string of the molecule is CC(=O)N1c2ccc(-c3ccc(OCCS(C)(=O)=O)cc3)cc2N(C(=O)OC2CCCCC2)CC1C. The third-order valence-corrected chi connectivity index (χ3v) is 7.61. The highest BCUT2D eigenvalue weighted by molar-refractivity contribution is 7.90. The summed E-state index contributed by atoms with van der Waals surface area (Å²) in [5, 5.41) is 0. The highest BCUT2D eigenvalue weighted by Crippen LogP contribution is 2.39. The van der Waals surface area contributed by atoms with Crippen molar-refractivity contribution in [2.45, 2.75) is 58.1 Å². The minimum atomic E-state index is -3.09. The van der Waals surface area contributed by atoms with Crippen LogP contribution in [-0.2, 0) is 19.4 Å². The molecule has 2 aliphatic rings. The Morgan fingerprint density at radius 2 is 1.64 bits per heavy atom. The summed E-state index contributed by atoms with van der Waals surface area (Å²) in [4.78, 5) is 29.1. The maximum absolute atomic E-state index is 13.3. The van der Waals surface area contributed by atoms with Crippen LogP contribution in [0.5, 0.6) is 5.75 Å². The minimum Gasteiger partial charge on any atom is -0.493 e. The molecule has 0 bridgehead atoms. The van der Waals surface area contributed by atoms with Gasteiger partial charge in [0.1, 0.15) is 18.5 Å². The molecule has 1 unspecified atom stereocenters. The van der Waals surface area contributed by atoms with Crippen molar-refractivity contribution in [3.05, 3.63) is 42.5 Å². The second-order valence-electron chi connectivity index (χ2n) is 9.70. The summed E-state index contributed by atoms with van der Waals surface area (Å²) in [7, 11) is -3.09. The number of sulfone groups is 1. The molecule has 1 heterocycles. The van der Waals surface area contributed by atoms with Gasteiger partial charge in [0, 0.05) is 19.7 Å². The van der Waals surface area contributed by atoms with Gasteiger partial charge < -0.3 is 14.4 Å². The van der Waals surface area contributed by atoms with Crippen LogP contribution in [0.1, 0.15) is 46.0 Å². The van der Waals surface area contributed by atoms with E-state index in [4.69, 9.17) is 9.47 Å². The summed E-state index contributed by atoms with van der Waals surface area (Å²) in [5.41, 5.74) is 3.12. The van der Waals surface area contributed by atoms with Crippen molar-refractivity contribution in [3.63, 3.8) is 0 Å². The van der Waals surface area contributed by atoms with Crippen LogP contribution >= 0.6 is 0 Å². The first-order valence-corrected chi connectivity index (χ1v) is 14.5. The number of benzene rings is 2. The molecule has 0 spiro atoms. The summed E-state index contributed by atoms with van der Waals surface area (Å²) in [6.07, 6.45) is 5.84. The van der Waals surface area contributed by atoms with E-state index in [0.717, 1.165) is 36.8 Å². The predicted octanol–water partition coefficient (Wildman–Crippen LogP) is 4.81. The third-order valence-electron chi connectivity index (χ3n) is 6.70. The Morgan fingerprint density at radius 3 is 2.28 bits per heavy atom. The van der Waals surface area contributed by atoms with Crippen molar-refractivity contribution < 1.29 is 27.5 Å². The molecule has 0 saturated heterocycles. The van der Waals surface area contributed by atoms with Gasteiger partial charge in [-0.25, -0.2) is 13.2 Å². The van der Waals surface area contributed by atoms with E-state index in [1.165, 1.54) is 19.6 Å². The number of amides is 2. The number of carbonyl (C=O) groups excluding carboxylic acids is 2. The van der Waals surface area contributed by atoms with Crippen LogP contribution in [0.4, 0.5) is 16.2 Å². The molecule has 8 nitrogen and oxygen atoms in total. The quantitative estimate of drug-likeness (QED) is 0.549. The van der Waals surface area contributed by atoms with Gasteiger partial charge in [-0.15, -0.1) is 0 Å². The second kappa shape index (κ2) is 10.9. The van der Waals surface area contributed by atoms with Crippen molar-refractivity contribution in [2.75, 3.05) is 35.0 Å². The van der Waals surface area contributed by atoms with Gasteiger partial charge in [0.05, 0.1) is 23.2 Å². The highest BCUT2D eigenvalue weighted by atomic mass is 32.2. The summed E-state index contributed by atoms with van der Waals surface area (Å²) in [6.45, 7) is 3.91. The van der Waals surface area contributed by atoms with Gasteiger partial charge in [0.2, 0.25) is 5.91 Å². The molecule has 0 aromatic heterocycles. The number of nitrogens with zero attached hydrogens (tertiary/aromatic N) is 2. The van der Waals surface area contributed by atoms with E-state index in [0.29, 0.717) is 23.7 Å². The molecule has 1 atom stereocenters. The van der Waals surface area contributed by atoms with Crippen molar-refractivity contribution in [1.82, 2.24) is 0 Å². The average molecular weight is 515 g/mol. The van der Waals surface area contributed by atoms with Gasteiger partial charge in [-0.3, -0.25) is 9.69 Å². The topological polar surface area (TPSA) is 93.2 Å². The largest absolute Gasteiger partial charge is 0.493 e. The summed E-state index contributed by atoms with van der Waals surface area (Å²) >= 11 is 0. The molecule has 1 saturated carbocycles. The van der Waals surface area contributed by atoms with Gasteiger partial charge in [-0.05, 0) is 68.0 Å². The smallest absolute Gasteiger partial charge is 0.414 e. The van der Waals surface area contributed by atoms with Crippen molar-refractivity contribution in [3.8, 4) is 16.9 Å². The van der Waals surface area contributed by atoms with Crippen molar-refractivity contribution in [1.29, 1.82) is 0 Å². The van der Waals surface area contributed by atoms with Crippen LogP contribution in [0.3, 0.4) is 0 Å². The zero-order valence-electron chi connectivity index (χ0n) is 21.1. The van der Waals surface area contributed by atoms with E-state index in [9.17, 15) is 18.0 Å². The van der Waals surface area contributed by atoms with Crippen LogP contribution in [0.2, 0.25) is 0 Å². The average Bonchev–Trinajstić information content (AvgIpc) is 2.83. The molecule has 0 N–H and O–H groups in total. The molecule has 194 valence electrons. The fourth-order valence-corrected chi connectivity index (χ4v) is 5.29. The van der Waals surface area contributed by atoms with Crippen molar-refractivity contribution >= 4 is 33.2 Å². The van der Waals surface area contributed by atoms with Crippen LogP contribution in [0, 0.1) is 0 Å². The zero-order valence-corrected chi connectivity index (χ0v) is 21.9. The number of fused-ring (bicyclic) bond motifs is 1. The van der Waals surface area contributed by atoms with Crippen LogP contribution in [-0.4, -0.2) is 57.7 Å². The van der Waals surface area contributed by atoms with Crippen LogP contribution in [0.15, 0.2) is 42.5 Å². The molecular weight excluding hydrogens is 480 g/mol. The Morgan fingerprint density at radius 1 is 0.972 bits per heavy atom. The summed E-state index contributed by atoms with van der Waals surface area (Å²) < 4.78 is 34.0. The maximum atomic E-state index is 13.3. The molecule has 2 aromatic carbocycles. The van der Waals surface area contributed by atoms with Crippen LogP contribution in [0.25, 0.3) is 11.1 Å². The van der Waals surface area contributed by atoms with E-state index in [-0.39, 0.29) is 36.5 Å². The van der Waals surface area contributed by atoms with Crippen LogP contribution < -0.4 is 14.5 Å². The first-order valence-electron chi connectivity index (χ1n) is 12.5. The lowest BCUT2D eigenvalue weighted by Crippen LogP contribution is -2.52. The molecule has 36 heavy (non-hydrogen) atoms. The van der Waals surface area contributed by atoms with Gasteiger partial charge in [0.15, 0.2) is 9.84 Å². The van der Waals surface area contributed by atoms with Gasteiger partial charge in [-0.2, -0.15) is 0 Å². The second-order valence-corrected chi connectivity index (χ2v) is 12.0. The first-order chi connectivity index (χ1) is 17.1. The maximum Gasteiger partial charge on any atom is 0.414 e. The summed E-state index contributed by atoms with van der Waals surface area (Å²) in [5.74, 6) is 0.458. The standard InChI is InChI=1S/C27H34N2O6S/c1-19-18-28(27(31)35-24-7-5-4-6-8-24)26-17-22(11-14-25(26)29(19)20(2)30)21-9-12-23(13-10-21)34-15-16-36(3,32)33/h9-14,17,19,24H,4-8,15-16,18H2,1-3H3. The fraction of sp³-hybridized carbons (Fsp3) is 0.481. The Bertz CT molecular complexity index is 1210. The van der Waals surface area contributed by atoms with E-state index in [2.05, 4.69) is 0 Å². The molecule has 2 amide bonds. The number of ether oxygens (including phenoxy) is 2. The number of rotatable bonds is 6. The Kier molecular flexibility index (Phi) is 7.88. The normalized spacial score (nSPS) is 18.5.